The smallest absolute Gasteiger partial charge is 0.207 e. The Labute approximate surface area is 168 Å². The molecule has 0 aromatic heterocycles. The zero-order chi connectivity index (χ0) is 20.1. The van der Waals surface area contributed by atoms with Gasteiger partial charge in [0, 0.05) is 13.1 Å². The lowest BCUT2D eigenvalue weighted by molar-refractivity contribution is 0.311. The fourth-order valence-corrected chi connectivity index (χ4v) is 6.17. The quantitative estimate of drug-likeness (QED) is 0.654. The second kappa shape index (κ2) is 7.25. The van der Waals surface area contributed by atoms with Crippen LogP contribution in [0.2, 0.25) is 5.02 Å². The molecule has 0 unspecified atom stereocenters. The molecule has 1 fully saturated rings. The molecule has 0 atom stereocenters. The number of allylic oxidation sites excluding steroid dienone is 2. The monoisotopic (exact) mass is 423 g/mol. The molecule has 4 rings (SSSR count). The van der Waals surface area contributed by atoms with Gasteiger partial charge in [0.25, 0.3) is 0 Å². The lowest BCUT2D eigenvalue weighted by Gasteiger charge is -2.32. The van der Waals surface area contributed by atoms with Crippen LogP contribution in [0.4, 0.5) is 8.78 Å². The van der Waals surface area contributed by atoms with E-state index in [1.54, 1.807) is 0 Å². The van der Waals surface area contributed by atoms with E-state index in [9.17, 15) is 17.2 Å². The molecule has 0 amide bonds. The van der Waals surface area contributed by atoms with E-state index in [1.165, 1.54) is 26.6 Å². The first-order valence-electron chi connectivity index (χ1n) is 9.22. The van der Waals surface area contributed by atoms with Gasteiger partial charge in [0.2, 0.25) is 10.0 Å². The number of fused-ring (bicyclic) bond motifs is 1. The van der Waals surface area contributed by atoms with Crippen molar-refractivity contribution >= 4 is 27.2 Å². The van der Waals surface area contributed by atoms with Gasteiger partial charge in [0.1, 0.15) is 4.90 Å². The second-order valence-corrected chi connectivity index (χ2v) is 9.65. The van der Waals surface area contributed by atoms with E-state index in [1.807, 2.05) is 0 Å². The van der Waals surface area contributed by atoms with Gasteiger partial charge in [-0.15, -0.1) is 0 Å². The molecule has 0 N–H and O–H groups in total. The average molecular weight is 424 g/mol. The van der Waals surface area contributed by atoms with Crippen molar-refractivity contribution in [2.45, 2.75) is 31.1 Å². The molecule has 0 radical (unpaired) electrons. The largest absolute Gasteiger partial charge is 0.244 e. The molecule has 2 aromatic carbocycles. The van der Waals surface area contributed by atoms with Crippen molar-refractivity contribution in [3.8, 4) is 0 Å². The third-order valence-corrected chi connectivity index (χ3v) is 8.10. The highest BCUT2D eigenvalue weighted by atomic mass is 35.5. The number of benzene rings is 2. The molecule has 148 valence electrons. The van der Waals surface area contributed by atoms with E-state index in [-0.39, 0.29) is 15.8 Å². The minimum absolute atomic E-state index is 0.287. The maximum Gasteiger partial charge on any atom is 0.244 e. The van der Waals surface area contributed by atoms with Crippen molar-refractivity contribution in [3.63, 3.8) is 0 Å². The molecular weight excluding hydrogens is 404 g/mol. The van der Waals surface area contributed by atoms with Crippen molar-refractivity contribution in [2.75, 3.05) is 13.1 Å². The van der Waals surface area contributed by atoms with Crippen molar-refractivity contribution in [1.29, 1.82) is 0 Å². The third-order valence-electron chi connectivity index (χ3n) is 5.73. The standard InChI is InChI=1S/C21H20ClF2NO2S/c1-13-3-2-4-17-15(13)5-6-16(17)14-7-9-25(10-8-14)28(26,27)21-12-20(24)19(23)11-18(21)22/h2-4,6,11-12,14H,5,7-10H2,1H3. The molecule has 1 heterocycles. The number of hydrogen-bond acceptors (Lipinski definition) is 2. The molecule has 3 nitrogen and oxygen atoms in total. The van der Waals surface area contributed by atoms with Crippen LogP contribution >= 0.6 is 11.6 Å². The molecule has 1 aliphatic heterocycles. The maximum atomic E-state index is 13.6. The van der Waals surface area contributed by atoms with Gasteiger partial charge >= 0.3 is 0 Å². The zero-order valence-electron chi connectivity index (χ0n) is 15.4. The van der Waals surface area contributed by atoms with E-state index < -0.39 is 21.7 Å². The zero-order valence-corrected chi connectivity index (χ0v) is 17.0. The number of rotatable bonds is 3. The number of nitrogens with zero attached hydrogens (tertiary/aromatic N) is 1. The van der Waals surface area contributed by atoms with Crippen molar-refractivity contribution in [3.05, 3.63) is 69.8 Å². The highest BCUT2D eigenvalue weighted by Crippen LogP contribution is 2.40. The minimum Gasteiger partial charge on any atom is -0.207 e. The molecule has 28 heavy (non-hydrogen) atoms. The van der Waals surface area contributed by atoms with Crippen LogP contribution < -0.4 is 0 Å². The third kappa shape index (κ3) is 3.27. The Kier molecular flexibility index (Phi) is 5.06. The molecule has 2 aliphatic rings. The van der Waals surface area contributed by atoms with E-state index >= 15 is 0 Å². The predicted molar refractivity (Wildman–Crippen MR) is 106 cm³/mol. The first kappa shape index (κ1) is 19.6. The highest BCUT2D eigenvalue weighted by molar-refractivity contribution is 7.89. The Balaban J connectivity index is 1.53. The van der Waals surface area contributed by atoms with Crippen molar-refractivity contribution in [1.82, 2.24) is 4.31 Å². The lowest BCUT2D eigenvalue weighted by Crippen LogP contribution is -2.38. The van der Waals surface area contributed by atoms with E-state index in [4.69, 9.17) is 11.6 Å². The average Bonchev–Trinajstić information content (AvgIpc) is 3.10. The van der Waals surface area contributed by atoms with Gasteiger partial charge in [0.15, 0.2) is 11.6 Å². The van der Waals surface area contributed by atoms with E-state index in [0.717, 1.165) is 6.42 Å². The summed E-state index contributed by atoms with van der Waals surface area (Å²) in [7, 11) is -3.97. The first-order chi connectivity index (χ1) is 13.3. The Morgan fingerprint density at radius 2 is 1.79 bits per heavy atom. The summed E-state index contributed by atoms with van der Waals surface area (Å²) in [5, 5.41) is -0.302. The minimum atomic E-state index is -3.97. The molecule has 1 aliphatic carbocycles. The Hall–Kier alpha value is -1.76. The van der Waals surface area contributed by atoms with Gasteiger partial charge in [-0.1, -0.05) is 35.9 Å². The fraction of sp³-hybridized carbons (Fsp3) is 0.333. The van der Waals surface area contributed by atoms with Crippen molar-refractivity contribution in [2.24, 2.45) is 5.92 Å². The SMILES string of the molecule is Cc1cccc2c1CC=C2C1CCN(S(=O)(=O)c2cc(F)c(F)cc2Cl)CC1. The molecule has 1 saturated heterocycles. The summed E-state index contributed by atoms with van der Waals surface area (Å²) in [5.41, 5.74) is 5.18. The Morgan fingerprint density at radius 3 is 2.50 bits per heavy atom. The predicted octanol–water partition coefficient (Wildman–Crippen LogP) is 4.97. The maximum absolute atomic E-state index is 13.6. The number of halogens is 3. The van der Waals surface area contributed by atoms with Crippen LogP contribution in [0.1, 0.15) is 29.5 Å². The number of hydrogen-bond donors (Lipinski definition) is 0. The van der Waals surface area contributed by atoms with E-state index in [0.29, 0.717) is 38.1 Å². The summed E-state index contributed by atoms with van der Waals surface area (Å²) >= 11 is 5.89. The highest BCUT2D eigenvalue weighted by Gasteiger charge is 2.34. The molecule has 7 heteroatoms. The molecule has 0 saturated carbocycles. The van der Waals surface area contributed by atoms with Gasteiger partial charge in [-0.3, -0.25) is 0 Å². The number of sulfonamides is 1. The lowest BCUT2D eigenvalue weighted by atomic mass is 9.86. The molecule has 2 aromatic rings. The normalized spacial score (nSPS) is 18.2. The van der Waals surface area contributed by atoms with Crippen molar-refractivity contribution < 1.29 is 17.2 Å². The Bertz CT molecular complexity index is 1070. The van der Waals surface area contributed by atoms with Gasteiger partial charge in [-0.2, -0.15) is 4.31 Å². The summed E-state index contributed by atoms with van der Waals surface area (Å²) in [6.07, 6.45) is 4.53. The second-order valence-electron chi connectivity index (χ2n) is 7.34. The van der Waals surface area contributed by atoms with Gasteiger partial charge < -0.3 is 0 Å². The van der Waals surface area contributed by atoms with Crippen LogP contribution in [0.15, 0.2) is 41.3 Å². The van der Waals surface area contributed by atoms with Crippen LogP contribution in [-0.4, -0.2) is 25.8 Å². The van der Waals surface area contributed by atoms with Crippen LogP contribution in [0, 0.1) is 24.5 Å². The first-order valence-corrected chi connectivity index (χ1v) is 11.0. The molecule has 0 spiro atoms. The van der Waals surface area contributed by atoms with Crippen LogP contribution in [-0.2, 0) is 16.4 Å². The van der Waals surface area contributed by atoms with Crippen LogP contribution in [0.3, 0.4) is 0 Å². The number of piperidine rings is 1. The fourth-order valence-electron chi connectivity index (χ4n) is 4.20. The summed E-state index contributed by atoms with van der Waals surface area (Å²) in [6, 6.07) is 7.66. The topological polar surface area (TPSA) is 37.4 Å². The Morgan fingerprint density at radius 1 is 1.11 bits per heavy atom. The molecular formula is C21H20ClF2NO2S. The van der Waals surface area contributed by atoms with E-state index in [2.05, 4.69) is 31.2 Å². The summed E-state index contributed by atoms with van der Waals surface area (Å²) in [5.74, 6) is -2.10. The van der Waals surface area contributed by atoms with Gasteiger partial charge in [0.05, 0.1) is 5.02 Å². The summed E-state index contributed by atoms with van der Waals surface area (Å²) < 4.78 is 53.9. The summed E-state index contributed by atoms with van der Waals surface area (Å²) in [4.78, 5) is -0.382. The molecule has 0 bridgehead atoms. The van der Waals surface area contributed by atoms with Crippen LogP contribution in [0.5, 0.6) is 0 Å². The number of aryl methyl sites for hydroxylation is 1. The summed E-state index contributed by atoms with van der Waals surface area (Å²) in [6.45, 7) is 2.75. The van der Waals surface area contributed by atoms with Gasteiger partial charge in [-0.05, 0) is 66.5 Å². The van der Waals surface area contributed by atoms with Gasteiger partial charge in [-0.25, -0.2) is 17.2 Å². The van der Waals surface area contributed by atoms with Crippen LogP contribution in [0.25, 0.3) is 5.57 Å².